The van der Waals surface area contributed by atoms with E-state index in [0.717, 1.165) is 33.6 Å². The van der Waals surface area contributed by atoms with E-state index >= 15 is 0 Å². The van der Waals surface area contributed by atoms with Crippen LogP contribution >= 0.6 is 27.5 Å². The third-order valence-corrected chi connectivity index (χ3v) is 4.07. The molecule has 0 radical (unpaired) electrons. The molecule has 0 heterocycles. The van der Waals surface area contributed by atoms with Crippen molar-refractivity contribution in [2.75, 3.05) is 11.9 Å². The van der Waals surface area contributed by atoms with Gasteiger partial charge in [-0.25, -0.2) is 0 Å². The number of benzene rings is 1. The second kappa shape index (κ2) is 6.65. The summed E-state index contributed by atoms with van der Waals surface area (Å²) in [6.07, 6.45) is 1.08. The van der Waals surface area contributed by atoms with Crippen LogP contribution in [-0.2, 0) is 0 Å². The van der Waals surface area contributed by atoms with Gasteiger partial charge >= 0.3 is 0 Å². The van der Waals surface area contributed by atoms with Crippen LogP contribution in [-0.4, -0.2) is 11.9 Å². The van der Waals surface area contributed by atoms with Crippen LogP contribution in [0.1, 0.15) is 42.9 Å². The zero-order chi connectivity index (χ0) is 13.0. The van der Waals surface area contributed by atoms with E-state index in [0.29, 0.717) is 12.5 Å². The largest absolute Gasteiger partial charge is 0.494 e. The Balaban J connectivity index is 3.27. The van der Waals surface area contributed by atoms with Gasteiger partial charge in [-0.05, 0) is 50.3 Å². The van der Waals surface area contributed by atoms with Gasteiger partial charge in [0.25, 0.3) is 0 Å². The lowest BCUT2D eigenvalue weighted by atomic mass is 9.92. The normalized spacial score (nSPS) is 12.6. The molecule has 0 fully saturated rings. The smallest absolute Gasteiger partial charge is 0.123 e. The van der Waals surface area contributed by atoms with Gasteiger partial charge in [-0.3, -0.25) is 0 Å². The van der Waals surface area contributed by atoms with Gasteiger partial charge in [0.2, 0.25) is 0 Å². The quantitative estimate of drug-likeness (QED) is 0.674. The number of aryl methyl sites for hydroxylation is 1. The summed E-state index contributed by atoms with van der Waals surface area (Å²) in [7, 11) is 0. The van der Waals surface area contributed by atoms with Crippen LogP contribution < -0.4 is 4.74 Å². The molecule has 17 heavy (non-hydrogen) atoms. The zero-order valence-electron chi connectivity index (χ0n) is 10.9. The molecule has 0 aliphatic rings. The van der Waals surface area contributed by atoms with E-state index in [4.69, 9.17) is 16.3 Å². The topological polar surface area (TPSA) is 9.23 Å². The second-order valence-corrected chi connectivity index (χ2v) is 5.53. The van der Waals surface area contributed by atoms with E-state index in [1.807, 2.05) is 13.8 Å². The first kappa shape index (κ1) is 14.8. The van der Waals surface area contributed by atoms with Gasteiger partial charge in [-0.1, -0.05) is 34.5 Å². The molecule has 0 saturated heterocycles. The third-order valence-electron chi connectivity index (χ3n) is 3.03. The summed E-state index contributed by atoms with van der Waals surface area (Å²) in [5, 5.41) is 1.86. The van der Waals surface area contributed by atoms with E-state index in [9.17, 15) is 0 Å². The van der Waals surface area contributed by atoms with Crippen molar-refractivity contribution in [1.82, 2.24) is 0 Å². The Morgan fingerprint density at radius 3 is 2.59 bits per heavy atom. The Bertz CT molecular complexity index is 390. The van der Waals surface area contributed by atoms with Gasteiger partial charge in [-0.15, -0.1) is 0 Å². The highest BCUT2D eigenvalue weighted by Gasteiger charge is 2.18. The minimum Gasteiger partial charge on any atom is -0.494 e. The van der Waals surface area contributed by atoms with Crippen LogP contribution in [0.4, 0.5) is 0 Å². The molecule has 1 atom stereocenters. The van der Waals surface area contributed by atoms with Crippen molar-refractivity contribution in [1.29, 1.82) is 0 Å². The first-order valence-electron chi connectivity index (χ1n) is 6.01. The van der Waals surface area contributed by atoms with Crippen LogP contribution in [0, 0.1) is 13.8 Å². The van der Waals surface area contributed by atoms with Crippen LogP contribution in [0.2, 0.25) is 5.02 Å². The molecule has 0 spiro atoms. The molecule has 0 amide bonds. The maximum atomic E-state index is 6.33. The SMILES string of the molecule is CCOc1cc(C)c(Cl)c(C)c1C(C)CCBr. The fraction of sp³-hybridized carbons (Fsp3) is 0.571. The number of hydrogen-bond acceptors (Lipinski definition) is 1. The average Bonchev–Trinajstić information content (AvgIpc) is 2.27. The molecule has 0 N–H and O–H groups in total. The van der Waals surface area contributed by atoms with Crippen molar-refractivity contribution in [2.45, 2.75) is 40.0 Å². The molecule has 3 heteroatoms. The van der Waals surface area contributed by atoms with Crippen molar-refractivity contribution in [3.05, 3.63) is 27.8 Å². The molecule has 0 bridgehead atoms. The summed E-state index contributed by atoms with van der Waals surface area (Å²) < 4.78 is 5.75. The second-order valence-electron chi connectivity index (χ2n) is 4.36. The molecule has 1 nitrogen and oxygen atoms in total. The molecular weight excluding hydrogens is 300 g/mol. The Hall–Kier alpha value is -0.210. The van der Waals surface area contributed by atoms with Gasteiger partial charge in [0.05, 0.1) is 6.61 Å². The molecule has 1 unspecified atom stereocenters. The van der Waals surface area contributed by atoms with Gasteiger partial charge < -0.3 is 4.74 Å². The summed E-state index contributed by atoms with van der Waals surface area (Å²) in [6.45, 7) is 9.03. The number of hydrogen-bond donors (Lipinski definition) is 0. The molecule has 0 saturated carbocycles. The maximum Gasteiger partial charge on any atom is 0.123 e. The van der Waals surface area contributed by atoms with Gasteiger partial charge in [0, 0.05) is 15.9 Å². The standard InChI is InChI=1S/C14H20BrClO/c1-5-17-12-8-10(3)14(16)11(4)13(12)9(2)6-7-15/h8-9H,5-7H2,1-4H3. The molecular formula is C14H20BrClO. The first-order chi connectivity index (χ1) is 8.02. The number of ether oxygens (including phenoxy) is 1. The number of halogens is 2. The predicted molar refractivity (Wildman–Crippen MR) is 78.9 cm³/mol. The lowest BCUT2D eigenvalue weighted by molar-refractivity contribution is 0.334. The fourth-order valence-electron chi connectivity index (χ4n) is 2.13. The van der Waals surface area contributed by atoms with Crippen molar-refractivity contribution in [3.63, 3.8) is 0 Å². The zero-order valence-corrected chi connectivity index (χ0v) is 13.3. The van der Waals surface area contributed by atoms with Gasteiger partial charge in [0.15, 0.2) is 0 Å². The highest BCUT2D eigenvalue weighted by molar-refractivity contribution is 9.09. The van der Waals surface area contributed by atoms with Crippen molar-refractivity contribution < 1.29 is 4.74 Å². The molecule has 1 aromatic carbocycles. The average molecular weight is 320 g/mol. The molecule has 1 rings (SSSR count). The van der Waals surface area contributed by atoms with Crippen LogP contribution in [0.15, 0.2) is 6.07 Å². The minimum absolute atomic E-state index is 0.453. The lowest BCUT2D eigenvalue weighted by Gasteiger charge is -2.20. The van der Waals surface area contributed by atoms with Crippen molar-refractivity contribution >= 4 is 27.5 Å². The highest BCUT2D eigenvalue weighted by atomic mass is 79.9. The minimum atomic E-state index is 0.453. The molecule has 0 aliphatic carbocycles. The van der Waals surface area contributed by atoms with Crippen LogP contribution in [0.25, 0.3) is 0 Å². The number of rotatable bonds is 5. The van der Waals surface area contributed by atoms with Gasteiger partial charge in [0.1, 0.15) is 5.75 Å². The Kier molecular flexibility index (Phi) is 5.81. The molecule has 0 aliphatic heterocycles. The lowest BCUT2D eigenvalue weighted by Crippen LogP contribution is -2.05. The van der Waals surface area contributed by atoms with E-state index in [-0.39, 0.29) is 0 Å². The monoisotopic (exact) mass is 318 g/mol. The van der Waals surface area contributed by atoms with E-state index in [1.165, 1.54) is 5.56 Å². The maximum absolute atomic E-state index is 6.33. The molecule has 0 aromatic heterocycles. The summed E-state index contributed by atoms with van der Waals surface area (Å²) in [5.41, 5.74) is 3.49. The van der Waals surface area contributed by atoms with Crippen molar-refractivity contribution in [2.24, 2.45) is 0 Å². The van der Waals surface area contributed by atoms with E-state index in [1.54, 1.807) is 0 Å². The number of alkyl halides is 1. The first-order valence-corrected chi connectivity index (χ1v) is 7.51. The summed E-state index contributed by atoms with van der Waals surface area (Å²) in [6, 6.07) is 2.05. The Morgan fingerprint density at radius 1 is 1.41 bits per heavy atom. The Labute approximate surface area is 118 Å². The van der Waals surface area contributed by atoms with Crippen LogP contribution in [0.3, 0.4) is 0 Å². The summed E-state index contributed by atoms with van der Waals surface area (Å²) in [4.78, 5) is 0. The van der Waals surface area contributed by atoms with Crippen molar-refractivity contribution in [3.8, 4) is 5.75 Å². The molecule has 96 valence electrons. The third kappa shape index (κ3) is 3.38. The van der Waals surface area contributed by atoms with E-state index in [2.05, 4.69) is 35.8 Å². The van der Waals surface area contributed by atoms with Crippen LogP contribution in [0.5, 0.6) is 5.75 Å². The molecule has 1 aromatic rings. The predicted octanol–water partition coefficient (Wildman–Crippen LogP) is 5.24. The highest BCUT2D eigenvalue weighted by Crippen LogP contribution is 2.37. The Morgan fingerprint density at radius 2 is 2.06 bits per heavy atom. The fourth-order valence-corrected chi connectivity index (χ4v) is 2.98. The van der Waals surface area contributed by atoms with Gasteiger partial charge in [-0.2, -0.15) is 0 Å². The van der Waals surface area contributed by atoms with E-state index < -0.39 is 0 Å². The summed E-state index contributed by atoms with van der Waals surface area (Å²) >= 11 is 9.83. The summed E-state index contributed by atoms with van der Waals surface area (Å²) in [5.74, 6) is 1.44.